The third-order valence-electron chi connectivity index (χ3n) is 3.55. The summed E-state index contributed by atoms with van der Waals surface area (Å²) < 4.78 is 13.4. The second kappa shape index (κ2) is 5.83. The second-order valence-corrected chi connectivity index (χ2v) is 5.14. The Hall–Kier alpha value is -0.600. The molecule has 1 heterocycles. The van der Waals surface area contributed by atoms with Crippen molar-refractivity contribution in [2.75, 3.05) is 19.6 Å². The van der Waals surface area contributed by atoms with Crippen LogP contribution in [-0.4, -0.2) is 24.5 Å². The molecule has 0 radical (unpaired) electrons. The Balaban J connectivity index is 2.03. The van der Waals surface area contributed by atoms with Crippen molar-refractivity contribution in [2.24, 2.45) is 0 Å². The fourth-order valence-corrected chi connectivity index (χ4v) is 2.90. The number of benzene rings is 1. The number of likely N-dealkylation sites (tertiary alicyclic amines) is 1. The van der Waals surface area contributed by atoms with Crippen LogP contribution in [0.15, 0.2) is 18.2 Å². The maximum Gasteiger partial charge on any atom is 0.142 e. The predicted molar refractivity (Wildman–Crippen MR) is 70.1 cm³/mol. The quantitative estimate of drug-likeness (QED) is 0.787. The lowest BCUT2D eigenvalue weighted by atomic mass is 9.89. The molecule has 1 aromatic carbocycles. The van der Waals surface area contributed by atoms with E-state index in [0.29, 0.717) is 10.9 Å². The van der Waals surface area contributed by atoms with Crippen molar-refractivity contribution in [1.82, 2.24) is 4.90 Å². The van der Waals surface area contributed by atoms with Gasteiger partial charge in [0.1, 0.15) is 5.82 Å². The number of hydrogen-bond donors (Lipinski definition) is 0. The van der Waals surface area contributed by atoms with E-state index in [1.807, 2.05) is 6.07 Å². The molecule has 1 saturated heterocycles. The van der Waals surface area contributed by atoms with Gasteiger partial charge in [0.2, 0.25) is 0 Å². The minimum absolute atomic E-state index is 0.292. The molecular weight excluding hydrogens is 237 g/mol. The Labute approximate surface area is 108 Å². The van der Waals surface area contributed by atoms with Crippen LogP contribution in [0.1, 0.15) is 37.7 Å². The Bertz CT molecular complexity index is 372. The highest BCUT2D eigenvalue weighted by molar-refractivity contribution is 6.31. The third kappa shape index (κ3) is 2.99. The van der Waals surface area contributed by atoms with E-state index in [1.54, 1.807) is 6.07 Å². The summed E-state index contributed by atoms with van der Waals surface area (Å²) in [6, 6.07) is 5.15. The largest absolute Gasteiger partial charge is 0.303 e. The maximum atomic E-state index is 13.4. The monoisotopic (exact) mass is 255 g/mol. The van der Waals surface area contributed by atoms with Crippen LogP contribution in [0.3, 0.4) is 0 Å². The van der Waals surface area contributed by atoms with Gasteiger partial charge in [-0.15, -0.1) is 0 Å². The molecule has 94 valence electrons. The molecule has 2 rings (SSSR count). The first-order chi connectivity index (χ1) is 8.22. The summed E-state index contributed by atoms with van der Waals surface area (Å²) in [5, 5.41) is 0.321. The van der Waals surface area contributed by atoms with Gasteiger partial charge in [-0.2, -0.15) is 0 Å². The van der Waals surface area contributed by atoms with E-state index in [4.69, 9.17) is 11.6 Å². The van der Waals surface area contributed by atoms with Gasteiger partial charge in [-0.3, -0.25) is 0 Å². The van der Waals surface area contributed by atoms with Crippen molar-refractivity contribution in [1.29, 1.82) is 0 Å². The van der Waals surface area contributed by atoms with Gasteiger partial charge in [0, 0.05) is 0 Å². The van der Waals surface area contributed by atoms with E-state index in [-0.39, 0.29) is 5.82 Å². The van der Waals surface area contributed by atoms with Crippen molar-refractivity contribution in [3.8, 4) is 0 Å². The predicted octanol–water partition coefficient (Wildman–Crippen LogP) is 4.07. The fraction of sp³-hybridized carbons (Fsp3) is 0.571. The van der Waals surface area contributed by atoms with Gasteiger partial charge in [-0.25, -0.2) is 4.39 Å². The molecule has 0 N–H and O–H groups in total. The van der Waals surface area contributed by atoms with Crippen molar-refractivity contribution >= 4 is 11.6 Å². The Morgan fingerprint density at radius 2 is 2.06 bits per heavy atom. The molecule has 0 spiro atoms. The zero-order valence-electron chi connectivity index (χ0n) is 10.3. The minimum Gasteiger partial charge on any atom is -0.303 e. The molecule has 1 aliphatic rings. The molecule has 1 nitrogen and oxygen atoms in total. The minimum atomic E-state index is -0.292. The summed E-state index contributed by atoms with van der Waals surface area (Å²) >= 11 is 6.04. The summed E-state index contributed by atoms with van der Waals surface area (Å²) in [5.41, 5.74) is 0.989. The zero-order chi connectivity index (χ0) is 12.3. The normalized spacial score (nSPS) is 18.5. The van der Waals surface area contributed by atoms with E-state index in [2.05, 4.69) is 11.8 Å². The standard InChI is InChI=1S/C14H19ClFN/c1-2-8-17-9-6-11(7-10-17)12-4-3-5-13(16)14(12)15/h3-5,11H,2,6-10H2,1H3. The van der Waals surface area contributed by atoms with Crippen LogP contribution in [0.25, 0.3) is 0 Å². The molecular formula is C14H19ClFN. The molecule has 0 amide bonds. The number of hydrogen-bond acceptors (Lipinski definition) is 1. The SMILES string of the molecule is CCCN1CCC(c2cccc(F)c2Cl)CC1. The van der Waals surface area contributed by atoms with Gasteiger partial charge < -0.3 is 4.90 Å². The number of nitrogens with zero attached hydrogens (tertiary/aromatic N) is 1. The summed E-state index contributed by atoms with van der Waals surface area (Å²) in [4.78, 5) is 2.48. The molecule has 3 heteroatoms. The average Bonchev–Trinajstić information content (AvgIpc) is 2.34. The lowest BCUT2D eigenvalue weighted by molar-refractivity contribution is 0.212. The van der Waals surface area contributed by atoms with E-state index in [1.165, 1.54) is 19.0 Å². The van der Waals surface area contributed by atoms with Crippen LogP contribution < -0.4 is 0 Å². The van der Waals surface area contributed by atoms with Crippen LogP contribution in [-0.2, 0) is 0 Å². The zero-order valence-corrected chi connectivity index (χ0v) is 11.0. The maximum absolute atomic E-state index is 13.4. The summed E-state index contributed by atoms with van der Waals surface area (Å²) in [5.74, 6) is 0.131. The smallest absolute Gasteiger partial charge is 0.142 e. The van der Waals surface area contributed by atoms with E-state index >= 15 is 0 Å². The number of rotatable bonds is 3. The lowest BCUT2D eigenvalue weighted by Crippen LogP contribution is -2.33. The first-order valence-corrected chi connectivity index (χ1v) is 6.76. The highest BCUT2D eigenvalue weighted by Crippen LogP contribution is 2.33. The highest BCUT2D eigenvalue weighted by atomic mass is 35.5. The molecule has 1 aromatic rings. The van der Waals surface area contributed by atoms with Crippen LogP contribution in [0, 0.1) is 5.82 Å². The van der Waals surface area contributed by atoms with Gasteiger partial charge in [0.15, 0.2) is 0 Å². The summed E-state index contributed by atoms with van der Waals surface area (Å²) in [7, 11) is 0. The topological polar surface area (TPSA) is 3.24 Å². The molecule has 0 atom stereocenters. The average molecular weight is 256 g/mol. The van der Waals surface area contributed by atoms with Gasteiger partial charge in [0.25, 0.3) is 0 Å². The Morgan fingerprint density at radius 3 is 2.71 bits per heavy atom. The Morgan fingerprint density at radius 1 is 1.35 bits per heavy atom. The Kier molecular flexibility index (Phi) is 4.41. The van der Waals surface area contributed by atoms with Crippen LogP contribution in [0.5, 0.6) is 0 Å². The van der Waals surface area contributed by atoms with Crippen molar-refractivity contribution in [3.05, 3.63) is 34.6 Å². The lowest BCUT2D eigenvalue weighted by Gasteiger charge is -2.32. The molecule has 17 heavy (non-hydrogen) atoms. The van der Waals surface area contributed by atoms with Crippen LogP contribution in [0.4, 0.5) is 4.39 Å². The number of piperidine rings is 1. The van der Waals surface area contributed by atoms with Crippen molar-refractivity contribution < 1.29 is 4.39 Å². The molecule has 0 unspecified atom stereocenters. The van der Waals surface area contributed by atoms with Gasteiger partial charge in [-0.1, -0.05) is 30.7 Å². The van der Waals surface area contributed by atoms with Crippen LogP contribution >= 0.6 is 11.6 Å². The van der Waals surface area contributed by atoms with E-state index in [0.717, 1.165) is 31.5 Å². The van der Waals surface area contributed by atoms with Gasteiger partial charge in [0.05, 0.1) is 5.02 Å². The molecule has 0 saturated carbocycles. The highest BCUT2D eigenvalue weighted by Gasteiger charge is 2.22. The van der Waals surface area contributed by atoms with Crippen molar-refractivity contribution in [2.45, 2.75) is 32.1 Å². The summed E-state index contributed by atoms with van der Waals surface area (Å²) in [6.45, 7) is 5.58. The van der Waals surface area contributed by atoms with Crippen LogP contribution in [0.2, 0.25) is 5.02 Å². The van der Waals surface area contributed by atoms with Gasteiger partial charge in [-0.05, 0) is 56.4 Å². The molecule has 1 aliphatic heterocycles. The summed E-state index contributed by atoms with van der Waals surface area (Å²) in [6.07, 6.45) is 3.37. The molecule has 0 bridgehead atoms. The molecule has 1 fully saturated rings. The van der Waals surface area contributed by atoms with Gasteiger partial charge >= 0.3 is 0 Å². The first kappa shape index (κ1) is 12.8. The van der Waals surface area contributed by atoms with Crippen molar-refractivity contribution in [3.63, 3.8) is 0 Å². The molecule has 0 aromatic heterocycles. The number of halogens is 2. The molecule has 0 aliphatic carbocycles. The van der Waals surface area contributed by atoms with E-state index < -0.39 is 0 Å². The third-order valence-corrected chi connectivity index (χ3v) is 3.95. The fourth-order valence-electron chi connectivity index (χ4n) is 2.62. The van der Waals surface area contributed by atoms with E-state index in [9.17, 15) is 4.39 Å². The second-order valence-electron chi connectivity index (χ2n) is 4.76. The first-order valence-electron chi connectivity index (χ1n) is 6.38.